The van der Waals surface area contributed by atoms with Crippen LogP contribution in [0.15, 0.2) is 0 Å². The Morgan fingerprint density at radius 3 is 2.38 bits per heavy atom. The van der Waals surface area contributed by atoms with Gasteiger partial charge in [0.15, 0.2) is 0 Å². The van der Waals surface area contributed by atoms with Crippen LogP contribution in [0.3, 0.4) is 0 Å². The van der Waals surface area contributed by atoms with Crippen LogP contribution in [-0.2, 0) is 9.53 Å². The summed E-state index contributed by atoms with van der Waals surface area (Å²) in [6, 6.07) is -0.124. The zero-order valence-corrected chi connectivity index (χ0v) is 15.4. The highest BCUT2D eigenvalue weighted by molar-refractivity contribution is 5.78. The Morgan fingerprint density at radius 2 is 1.81 bits per heavy atom. The number of carbonyl (C=O) groups is 2. The second kappa shape index (κ2) is 11.2. The summed E-state index contributed by atoms with van der Waals surface area (Å²) in [5, 5.41) is 5.48. The van der Waals surface area contributed by atoms with Gasteiger partial charge in [-0.1, -0.05) is 0 Å². The summed E-state index contributed by atoms with van der Waals surface area (Å²) in [5.41, 5.74) is 0. The Bertz CT molecular complexity index is 439. The van der Waals surface area contributed by atoms with Crippen LogP contribution in [-0.4, -0.2) is 86.4 Å². The molecular formula is C16H29F3N4O3. The van der Waals surface area contributed by atoms with E-state index in [1.807, 2.05) is 13.8 Å². The average Bonchev–Trinajstić information content (AvgIpc) is 2.53. The molecule has 0 aromatic rings. The Hall–Kier alpha value is -1.55. The van der Waals surface area contributed by atoms with E-state index < -0.39 is 12.8 Å². The van der Waals surface area contributed by atoms with Crippen molar-refractivity contribution in [2.45, 2.75) is 38.9 Å². The van der Waals surface area contributed by atoms with Gasteiger partial charge in [0, 0.05) is 58.3 Å². The third kappa shape index (κ3) is 10.4. The zero-order chi connectivity index (χ0) is 19.6. The molecule has 1 saturated heterocycles. The highest BCUT2D eigenvalue weighted by Gasteiger charge is 2.27. The number of ether oxygens (including phenoxy) is 1. The average molecular weight is 382 g/mol. The second-order valence-electron chi connectivity index (χ2n) is 6.55. The Balaban J connectivity index is 2.09. The number of amides is 3. The zero-order valence-electron chi connectivity index (χ0n) is 15.4. The van der Waals surface area contributed by atoms with Crippen molar-refractivity contribution in [3.05, 3.63) is 0 Å². The van der Waals surface area contributed by atoms with E-state index in [0.29, 0.717) is 39.1 Å². The smallest absolute Gasteiger partial charge is 0.372 e. The standard InChI is InChI=1S/C16H29F3N4O3/c1-13(2)21-14(24)4-5-20-15(25)23-9-7-22(8-10-23)6-3-11-26-12-16(17,18)19/h13H,3-12H2,1-2H3,(H,20,25)(H,21,24). The fourth-order valence-corrected chi connectivity index (χ4v) is 2.54. The van der Waals surface area contributed by atoms with Crippen LogP contribution in [0.25, 0.3) is 0 Å². The van der Waals surface area contributed by atoms with Gasteiger partial charge in [0.2, 0.25) is 5.91 Å². The lowest BCUT2D eigenvalue weighted by atomic mass is 10.3. The molecule has 0 aliphatic carbocycles. The van der Waals surface area contributed by atoms with Crippen LogP contribution in [0.1, 0.15) is 26.7 Å². The molecule has 0 unspecified atom stereocenters. The van der Waals surface area contributed by atoms with Gasteiger partial charge in [-0.3, -0.25) is 9.69 Å². The normalized spacial score (nSPS) is 16.0. The van der Waals surface area contributed by atoms with E-state index in [-0.39, 0.29) is 37.6 Å². The van der Waals surface area contributed by atoms with Gasteiger partial charge in [-0.25, -0.2) is 4.79 Å². The molecule has 26 heavy (non-hydrogen) atoms. The maximum atomic E-state index is 12.0. The van der Waals surface area contributed by atoms with Crippen molar-refractivity contribution in [1.82, 2.24) is 20.4 Å². The molecule has 0 saturated carbocycles. The number of hydrogen-bond donors (Lipinski definition) is 2. The highest BCUT2D eigenvalue weighted by atomic mass is 19.4. The van der Waals surface area contributed by atoms with E-state index >= 15 is 0 Å². The van der Waals surface area contributed by atoms with E-state index in [9.17, 15) is 22.8 Å². The minimum Gasteiger partial charge on any atom is -0.372 e. The number of halogens is 3. The molecule has 0 atom stereocenters. The van der Waals surface area contributed by atoms with E-state index in [4.69, 9.17) is 0 Å². The van der Waals surface area contributed by atoms with Crippen LogP contribution < -0.4 is 10.6 Å². The molecule has 1 rings (SSSR count). The lowest BCUT2D eigenvalue weighted by molar-refractivity contribution is -0.174. The van der Waals surface area contributed by atoms with E-state index in [0.717, 1.165) is 0 Å². The van der Waals surface area contributed by atoms with Crippen molar-refractivity contribution in [1.29, 1.82) is 0 Å². The summed E-state index contributed by atoms with van der Waals surface area (Å²) in [5.74, 6) is -0.0992. The third-order valence-electron chi connectivity index (χ3n) is 3.77. The van der Waals surface area contributed by atoms with Crippen molar-refractivity contribution in [3.63, 3.8) is 0 Å². The van der Waals surface area contributed by atoms with Gasteiger partial charge in [0.25, 0.3) is 0 Å². The first-order valence-corrected chi connectivity index (χ1v) is 8.86. The summed E-state index contributed by atoms with van der Waals surface area (Å²) >= 11 is 0. The monoisotopic (exact) mass is 382 g/mol. The summed E-state index contributed by atoms with van der Waals surface area (Å²) < 4.78 is 40.4. The molecule has 10 heteroatoms. The van der Waals surface area contributed by atoms with Crippen molar-refractivity contribution < 1.29 is 27.5 Å². The molecule has 0 aromatic heterocycles. The number of carbonyl (C=O) groups excluding carboxylic acids is 2. The van der Waals surface area contributed by atoms with Gasteiger partial charge in [0.1, 0.15) is 6.61 Å². The third-order valence-corrected chi connectivity index (χ3v) is 3.77. The van der Waals surface area contributed by atoms with Crippen molar-refractivity contribution >= 4 is 11.9 Å². The summed E-state index contributed by atoms with van der Waals surface area (Å²) in [6.07, 6.45) is -3.52. The van der Waals surface area contributed by atoms with E-state index in [1.54, 1.807) is 4.90 Å². The minimum atomic E-state index is -4.28. The van der Waals surface area contributed by atoms with E-state index in [2.05, 4.69) is 20.3 Å². The second-order valence-corrected chi connectivity index (χ2v) is 6.55. The van der Waals surface area contributed by atoms with Gasteiger partial charge < -0.3 is 20.3 Å². The Labute approximate surface area is 152 Å². The number of urea groups is 1. The van der Waals surface area contributed by atoms with Crippen LogP contribution in [0.5, 0.6) is 0 Å². The molecule has 0 aromatic carbocycles. The molecule has 1 heterocycles. The molecule has 1 aliphatic rings. The molecule has 0 radical (unpaired) electrons. The van der Waals surface area contributed by atoms with Crippen molar-refractivity contribution in [2.75, 3.05) is 52.5 Å². The molecule has 0 bridgehead atoms. The van der Waals surface area contributed by atoms with Crippen molar-refractivity contribution in [3.8, 4) is 0 Å². The van der Waals surface area contributed by atoms with Crippen molar-refractivity contribution in [2.24, 2.45) is 0 Å². The van der Waals surface area contributed by atoms with Crippen LogP contribution >= 0.6 is 0 Å². The lowest BCUT2D eigenvalue weighted by Crippen LogP contribution is -2.52. The highest BCUT2D eigenvalue weighted by Crippen LogP contribution is 2.14. The van der Waals surface area contributed by atoms with Gasteiger partial charge in [-0.05, 0) is 20.3 Å². The van der Waals surface area contributed by atoms with Gasteiger partial charge in [-0.15, -0.1) is 0 Å². The number of rotatable bonds is 9. The number of hydrogen-bond acceptors (Lipinski definition) is 4. The molecule has 1 fully saturated rings. The fourth-order valence-electron chi connectivity index (χ4n) is 2.54. The topological polar surface area (TPSA) is 73.9 Å². The number of alkyl halides is 3. The van der Waals surface area contributed by atoms with Gasteiger partial charge >= 0.3 is 12.2 Å². The number of nitrogens with zero attached hydrogens (tertiary/aromatic N) is 2. The van der Waals surface area contributed by atoms with Gasteiger partial charge in [-0.2, -0.15) is 13.2 Å². The van der Waals surface area contributed by atoms with Gasteiger partial charge in [0.05, 0.1) is 0 Å². The molecule has 7 nitrogen and oxygen atoms in total. The maximum absolute atomic E-state index is 12.0. The molecule has 2 N–H and O–H groups in total. The largest absolute Gasteiger partial charge is 0.411 e. The number of piperazine rings is 1. The molecular weight excluding hydrogens is 353 g/mol. The SMILES string of the molecule is CC(C)NC(=O)CCNC(=O)N1CCN(CCCOCC(F)(F)F)CC1. The molecule has 152 valence electrons. The van der Waals surface area contributed by atoms with E-state index in [1.165, 1.54) is 0 Å². The fraction of sp³-hybridized carbons (Fsp3) is 0.875. The number of nitrogens with one attached hydrogen (secondary N) is 2. The van der Waals surface area contributed by atoms with Crippen LogP contribution in [0, 0.1) is 0 Å². The summed E-state index contributed by atoms with van der Waals surface area (Å²) in [7, 11) is 0. The summed E-state index contributed by atoms with van der Waals surface area (Å²) in [4.78, 5) is 27.3. The van der Waals surface area contributed by atoms with Crippen LogP contribution in [0.2, 0.25) is 0 Å². The van der Waals surface area contributed by atoms with Crippen LogP contribution in [0.4, 0.5) is 18.0 Å². The molecule has 0 spiro atoms. The molecule has 3 amide bonds. The first-order valence-electron chi connectivity index (χ1n) is 8.86. The molecule has 1 aliphatic heterocycles. The summed E-state index contributed by atoms with van der Waals surface area (Å²) in [6.45, 7) is 5.96. The first kappa shape index (κ1) is 22.5. The first-order chi connectivity index (χ1) is 12.2. The predicted molar refractivity (Wildman–Crippen MR) is 90.8 cm³/mol. The Morgan fingerprint density at radius 1 is 1.15 bits per heavy atom. The quantitative estimate of drug-likeness (QED) is 0.588. The maximum Gasteiger partial charge on any atom is 0.411 e. The lowest BCUT2D eigenvalue weighted by Gasteiger charge is -2.34. The Kier molecular flexibility index (Phi) is 9.71. The predicted octanol–water partition coefficient (Wildman–Crippen LogP) is 1.20. The minimum absolute atomic E-state index is 0.0681.